The summed E-state index contributed by atoms with van der Waals surface area (Å²) in [5, 5.41) is 3.94. The summed E-state index contributed by atoms with van der Waals surface area (Å²) in [6.07, 6.45) is 0.821. The smallest absolute Gasteiger partial charge is 0.287 e. The zero-order valence-corrected chi connectivity index (χ0v) is 16.1. The molecule has 3 rings (SSSR count). The van der Waals surface area contributed by atoms with E-state index in [1.807, 2.05) is 42.5 Å². The molecular weight excluding hydrogens is 342 g/mol. The Bertz CT molecular complexity index is 912. The van der Waals surface area contributed by atoms with E-state index in [2.05, 4.69) is 19.2 Å². The van der Waals surface area contributed by atoms with E-state index < -0.39 is 0 Å². The maximum absolute atomic E-state index is 12.8. The monoisotopic (exact) mass is 367 g/mol. The highest BCUT2D eigenvalue weighted by molar-refractivity contribution is 5.97. The van der Waals surface area contributed by atoms with Gasteiger partial charge in [0, 0.05) is 5.39 Å². The minimum Gasteiger partial charge on any atom is -0.497 e. The number of amides is 1. The number of benzene rings is 2. The zero-order chi connectivity index (χ0) is 19.4. The molecule has 5 heteroatoms. The van der Waals surface area contributed by atoms with E-state index >= 15 is 0 Å². The van der Waals surface area contributed by atoms with Crippen molar-refractivity contribution in [3.05, 3.63) is 59.9 Å². The Hall–Kier alpha value is -2.95. The van der Waals surface area contributed by atoms with Crippen LogP contribution in [0.15, 0.2) is 52.9 Å². The van der Waals surface area contributed by atoms with Crippen LogP contribution in [0.3, 0.4) is 0 Å². The van der Waals surface area contributed by atoms with E-state index in [1.165, 1.54) is 0 Å². The minimum absolute atomic E-state index is 0.112. The molecule has 5 nitrogen and oxygen atoms in total. The Balaban J connectivity index is 1.85. The average molecular weight is 367 g/mol. The van der Waals surface area contributed by atoms with Crippen molar-refractivity contribution in [3.8, 4) is 11.5 Å². The molecule has 142 valence electrons. The molecule has 3 aromatic rings. The summed E-state index contributed by atoms with van der Waals surface area (Å²) in [6.45, 7) is 4.27. The number of fused-ring (bicyclic) bond motifs is 1. The maximum atomic E-state index is 12.8. The lowest BCUT2D eigenvalue weighted by molar-refractivity contribution is 0.0906. The number of methoxy groups -OCH3 is 2. The molecule has 1 N–H and O–H groups in total. The Labute approximate surface area is 159 Å². The highest BCUT2D eigenvalue weighted by Crippen LogP contribution is 2.29. The second kappa shape index (κ2) is 8.16. The second-order valence-electron chi connectivity index (χ2n) is 6.92. The van der Waals surface area contributed by atoms with Gasteiger partial charge in [0.05, 0.1) is 20.3 Å². The fourth-order valence-corrected chi connectivity index (χ4v) is 3.12. The first-order valence-electron chi connectivity index (χ1n) is 9.03. The normalized spacial score (nSPS) is 12.2. The lowest BCUT2D eigenvalue weighted by Crippen LogP contribution is -2.29. The van der Waals surface area contributed by atoms with Gasteiger partial charge in [0.2, 0.25) is 0 Å². The van der Waals surface area contributed by atoms with Crippen molar-refractivity contribution in [2.75, 3.05) is 14.2 Å². The van der Waals surface area contributed by atoms with E-state index in [0.717, 1.165) is 23.1 Å². The molecule has 0 unspecified atom stereocenters. The summed E-state index contributed by atoms with van der Waals surface area (Å²) >= 11 is 0. The topological polar surface area (TPSA) is 60.7 Å². The average Bonchev–Trinajstić information content (AvgIpc) is 3.11. The fraction of sp³-hybridized carbons (Fsp3) is 0.318. The fourth-order valence-electron chi connectivity index (χ4n) is 3.12. The van der Waals surface area contributed by atoms with Crippen LogP contribution in [0.2, 0.25) is 0 Å². The molecule has 2 aromatic carbocycles. The van der Waals surface area contributed by atoms with E-state index in [-0.39, 0.29) is 17.7 Å². The molecule has 0 fully saturated rings. The molecule has 0 spiro atoms. The number of rotatable bonds is 7. The Morgan fingerprint density at radius 1 is 1.07 bits per heavy atom. The molecule has 0 aliphatic heterocycles. The van der Waals surface area contributed by atoms with E-state index in [4.69, 9.17) is 13.9 Å². The van der Waals surface area contributed by atoms with Crippen LogP contribution in [-0.2, 0) is 0 Å². The standard InChI is InChI=1S/C22H25NO4/c1-14(2)12-18(15-8-10-17(25-3)11-9-15)23-22(24)20-13-16-6-5-7-19(26-4)21(16)27-20/h5-11,13-14,18H,12H2,1-4H3,(H,23,24)/t18-/m0/s1. The van der Waals surface area contributed by atoms with Crippen LogP contribution in [0.1, 0.15) is 42.4 Å². The summed E-state index contributed by atoms with van der Waals surface area (Å²) in [5.74, 6) is 1.86. The molecule has 1 heterocycles. The molecule has 0 aliphatic rings. The molecule has 0 aliphatic carbocycles. The lowest BCUT2D eigenvalue weighted by atomic mass is 9.96. The van der Waals surface area contributed by atoms with Gasteiger partial charge < -0.3 is 19.2 Å². The van der Waals surface area contributed by atoms with Crippen molar-refractivity contribution in [1.82, 2.24) is 5.32 Å². The zero-order valence-electron chi connectivity index (χ0n) is 16.1. The van der Waals surface area contributed by atoms with Gasteiger partial charge in [-0.3, -0.25) is 4.79 Å². The number of ether oxygens (including phenoxy) is 2. The molecule has 0 bridgehead atoms. The number of furan rings is 1. The van der Waals surface area contributed by atoms with E-state index in [1.54, 1.807) is 20.3 Å². The number of nitrogens with one attached hydrogen (secondary N) is 1. The highest BCUT2D eigenvalue weighted by atomic mass is 16.5. The minimum atomic E-state index is -0.241. The van der Waals surface area contributed by atoms with Crippen LogP contribution < -0.4 is 14.8 Å². The third kappa shape index (κ3) is 4.25. The molecule has 1 amide bonds. The van der Waals surface area contributed by atoms with Gasteiger partial charge >= 0.3 is 0 Å². The van der Waals surface area contributed by atoms with Crippen LogP contribution in [0.4, 0.5) is 0 Å². The molecule has 0 saturated carbocycles. The van der Waals surface area contributed by atoms with E-state index in [9.17, 15) is 4.79 Å². The van der Waals surface area contributed by atoms with Crippen molar-refractivity contribution in [1.29, 1.82) is 0 Å². The number of carbonyl (C=O) groups excluding carboxylic acids is 1. The van der Waals surface area contributed by atoms with Gasteiger partial charge in [0.1, 0.15) is 5.75 Å². The Morgan fingerprint density at radius 3 is 2.44 bits per heavy atom. The summed E-state index contributed by atoms with van der Waals surface area (Å²) in [6, 6.07) is 15.0. The van der Waals surface area contributed by atoms with Crippen LogP contribution in [0, 0.1) is 5.92 Å². The van der Waals surface area contributed by atoms with Crippen LogP contribution in [-0.4, -0.2) is 20.1 Å². The van der Waals surface area contributed by atoms with Crippen molar-refractivity contribution in [3.63, 3.8) is 0 Å². The highest BCUT2D eigenvalue weighted by Gasteiger charge is 2.20. The first-order chi connectivity index (χ1) is 13.0. The van der Waals surface area contributed by atoms with Gasteiger partial charge in [-0.1, -0.05) is 38.1 Å². The van der Waals surface area contributed by atoms with Crippen LogP contribution >= 0.6 is 0 Å². The molecule has 0 saturated heterocycles. The second-order valence-corrected chi connectivity index (χ2v) is 6.92. The molecule has 27 heavy (non-hydrogen) atoms. The quantitative estimate of drug-likeness (QED) is 0.641. The third-order valence-corrected chi connectivity index (χ3v) is 4.48. The number of hydrogen-bond acceptors (Lipinski definition) is 4. The predicted molar refractivity (Wildman–Crippen MR) is 105 cm³/mol. The molecular formula is C22H25NO4. The van der Waals surface area contributed by atoms with Crippen molar-refractivity contribution in [2.24, 2.45) is 5.92 Å². The predicted octanol–water partition coefficient (Wildman–Crippen LogP) is 4.97. The largest absolute Gasteiger partial charge is 0.497 e. The lowest BCUT2D eigenvalue weighted by Gasteiger charge is -2.21. The summed E-state index contributed by atoms with van der Waals surface area (Å²) < 4.78 is 16.3. The number of carbonyl (C=O) groups is 1. The first-order valence-corrected chi connectivity index (χ1v) is 9.03. The van der Waals surface area contributed by atoms with Gasteiger partial charge in [0.15, 0.2) is 17.1 Å². The SMILES string of the molecule is COc1ccc([C@H](CC(C)C)NC(=O)c2cc3cccc(OC)c3o2)cc1. The Kier molecular flexibility index (Phi) is 5.69. The van der Waals surface area contributed by atoms with Crippen molar-refractivity contribution < 1.29 is 18.7 Å². The van der Waals surface area contributed by atoms with Gasteiger partial charge in [0.25, 0.3) is 5.91 Å². The number of para-hydroxylation sites is 1. The number of hydrogen-bond donors (Lipinski definition) is 1. The summed E-state index contributed by atoms with van der Waals surface area (Å²) in [4.78, 5) is 12.8. The maximum Gasteiger partial charge on any atom is 0.287 e. The molecule has 0 radical (unpaired) electrons. The molecule has 1 aromatic heterocycles. The van der Waals surface area contributed by atoms with Gasteiger partial charge in [-0.25, -0.2) is 0 Å². The van der Waals surface area contributed by atoms with Crippen molar-refractivity contribution >= 4 is 16.9 Å². The van der Waals surface area contributed by atoms with E-state index in [0.29, 0.717) is 17.3 Å². The van der Waals surface area contributed by atoms with Crippen LogP contribution in [0.25, 0.3) is 11.0 Å². The van der Waals surface area contributed by atoms with Gasteiger partial charge in [-0.15, -0.1) is 0 Å². The van der Waals surface area contributed by atoms with Gasteiger partial charge in [-0.2, -0.15) is 0 Å². The third-order valence-electron chi connectivity index (χ3n) is 4.48. The first kappa shape index (κ1) is 18.8. The molecule has 1 atom stereocenters. The summed E-state index contributed by atoms with van der Waals surface area (Å²) in [7, 11) is 3.22. The Morgan fingerprint density at radius 2 is 1.81 bits per heavy atom. The summed E-state index contributed by atoms with van der Waals surface area (Å²) in [5.41, 5.74) is 1.61. The van der Waals surface area contributed by atoms with Crippen LogP contribution in [0.5, 0.6) is 11.5 Å². The van der Waals surface area contributed by atoms with Gasteiger partial charge in [-0.05, 0) is 42.2 Å². The van der Waals surface area contributed by atoms with Crippen molar-refractivity contribution in [2.45, 2.75) is 26.3 Å².